The topological polar surface area (TPSA) is 24.4 Å². The molecule has 0 aromatic heterocycles. The van der Waals surface area contributed by atoms with Gasteiger partial charge in [0.2, 0.25) is 0 Å². The van der Waals surface area contributed by atoms with Gasteiger partial charge in [-0.15, -0.1) is 0 Å². The van der Waals surface area contributed by atoms with E-state index in [-0.39, 0.29) is 5.37 Å². The lowest BCUT2D eigenvalue weighted by molar-refractivity contribution is 0.983. The van der Waals surface area contributed by atoms with E-state index < -0.39 is 0 Å². The summed E-state index contributed by atoms with van der Waals surface area (Å²) >= 11 is 4.04. The third-order valence-electron chi connectivity index (χ3n) is 0.620. The molecule has 0 spiro atoms. The summed E-state index contributed by atoms with van der Waals surface area (Å²) in [7, 11) is 0. The van der Waals surface area contributed by atoms with Gasteiger partial charge < -0.3 is 5.32 Å². The van der Waals surface area contributed by atoms with Gasteiger partial charge in [-0.25, -0.2) is 4.99 Å². The molecule has 3 heteroatoms. The van der Waals surface area contributed by atoms with E-state index in [1.165, 1.54) is 0 Å². The second-order valence-electron chi connectivity index (χ2n) is 1.17. The highest BCUT2D eigenvalue weighted by atomic mass is 32.1. The number of nitrogens with zero attached hydrogens (tertiary/aromatic N) is 1. The summed E-state index contributed by atoms with van der Waals surface area (Å²) in [5.41, 5.74) is 0. The summed E-state index contributed by atoms with van der Waals surface area (Å²) in [4.78, 5) is 3.64. The van der Waals surface area contributed by atoms with Crippen molar-refractivity contribution in [3.63, 3.8) is 0 Å². The Balaban J connectivity index is 2.49. The Morgan fingerprint density at radius 1 is 1.86 bits per heavy atom. The Morgan fingerprint density at radius 3 is 3.00 bits per heavy atom. The second-order valence-corrected chi connectivity index (χ2v) is 1.73. The summed E-state index contributed by atoms with van der Waals surface area (Å²) in [5, 5.41) is 2.84. The highest BCUT2D eigenvalue weighted by Gasteiger charge is 1.93. The fourth-order valence-corrected chi connectivity index (χ4v) is 0.448. The first-order valence-corrected chi connectivity index (χ1v) is 2.46. The summed E-state index contributed by atoms with van der Waals surface area (Å²) < 4.78 is 0. The second kappa shape index (κ2) is 2.02. The van der Waals surface area contributed by atoms with Crippen molar-refractivity contribution in [2.24, 2.45) is 4.99 Å². The lowest BCUT2D eigenvalue weighted by atomic mass is 10.5. The van der Waals surface area contributed by atoms with E-state index in [0.717, 1.165) is 0 Å². The number of rotatable bonds is 0. The minimum absolute atomic E-state index is 0.0949. The molecule has 1 aliphatic rings. The Hall–Kier alpha value is -0.440. The maximum Gasteiger partial charge on any atom is 0.170 e. The van der Waals surface area contributed by atoms with Crippen molar-refractivity contribution < 1.29 is 0 Å². The average Bonchev–Trinajstić information content (AvgIpc) is 1.69. The van der Waals surface area contributed by atoms with E-state index in [1.54, 1.807) is 6.20 Å². The zero-order chi connectivity index (χ0) is 5.11. The van der Waals surface area contributed by atoms with E-state index in [2.05, 4.69) is 29.3 Å². The summed E-state index contributed by atoms with van der Waals surface area (Å²) in [6.07, 6.45) is 6.04. The quantitative estimate of drug-likeness (QED) is 0.433. The molecular weight excluding hydrogens is 108 g/mol. The molecule has 1 heterocycles. The number of hydrogen-bond acceptors (Lipinski definition) is 3. The Morgan fingerprint density at radius 2 is 2.71 bits per heavy atom. The van der Waals surface area contributed by atoms with Gasteiger partial charge in [-0.1, -0.05) is 0 Å². The van der Waals surface area contributed by atoms with E-state index in [0.29, 0.717) is 0 Å². The zero-order valence-electron chi connectivity index (χ0n) is 3.63. The first kappa shape index (κ1) is 4.71. The molecule has 1 radical (unpaired) electrons. The van der Waals surface area contributed by atoms with Gasteiger partial charge in [0, 0.05) is 6.20 Å². The van der Waals surface area contributed by atoms with E-state index in [9.17, 15) is 0 Å². The fourth-order valence-electron chi connectivity index (χ4n) is 0.313. The van der Waals surface area contributed by atoms with Crippen molar-refractivity contribution in [2.75, 3.05) is 0 Å². The molecule has 1 unspecified atom stereocenters. The van der Waals surface area contributed by atoms with Crippen LogP contribution in [0.1, 0.15) is 0 Å². The Kier molecular flexibility index (Phi) is 1.36. The lowest BCUT2D eigenvalue weighted by Crippen LogP contribution is -2.21. The highest BCUT2D eigenvalue weighted by Crippen LogP contribution is 1.93. The first-order valence-electron chi connectivity index (χ1n) is 1.95. The maximum atomic E-state index is 4.04. The van der Waals surface area contributed by atoms with E-state index in [1.807, 2.05) is 6.08 Å². The van der Waals surface area contributed by atoms with Crippen LogP contribution in [0.15, 0.2) is 17.3 Å². The third-order valence-corrected chi connectivity index (χ3v) is 0.921. The molecule has 0 saturated carbocycles. The van der Waals surface area contributed by atoms with Crippen molar-refractivity contribution in [1.82, 2.24) is 5.32 Å². The number of hydrogen-bond donors (Lipinski definition) is 2. The third kappa shape index (κ3) is 1.23. The highest BCUT2D eigenvalue weighted by molar-refractivity contribution is 7.81. The molecule has 0 fully saturated rings. The SMILES string of the molecule is SC1C=CN=[C]N1. The molecule has 0 saturated heterocycles. The van der Waals surface area contributed by atoms with Gasteiger partial charge >= 0.3 is 0 Å². The average molecular weight is 113 g/mol. The smallest absolute Gasteiger partial charge is 0.170 e. The molecule has 1 aliphatic heterocycles. The van der Waals surface area contributed by atoms with Crippen molar-refractivity contribution in [1.29, 1.82) is 0 Å². The lowest BCUT2D eigenvalue weighted by Gasteiger charge is -2.04. The van der Waals surface area contributed by atoms with Crippen molar-refractivity contribution in [3.8, 4) is 0 Å². The number of thiol groups is 1. The maximum absolute atomic E-state index is 4.04. The molecule has 1 atom stereocenters. The van der Waals surface area contributed by atoms with Gasteiger partial charge in [-0.3, -0.25) is 0 Å². The van der Waals surface area contributed by atoms with Gasteiger partial charge in [0.15, 0.2) is 6.34 Å². The van der Waals surface area contributed by atoms with Gasteiger partial charge in [0.05, 0.1) is 5.37 Å². The molecule has 37 valence electrons. The normalized spacial score (nSPS) is 27.3. The minimum atomic E-state index is 0.0949. The molecule has 0 aromatic carbocycles. The molecule has 0 amide bonds. The van der Waals surface area contributed by atoms with Crippen molar-refractivity contribution in [3.05, 3.63) is 12.3 Å². The van der Waals surface area contributed by atoms with E-state index in [4.69, 9.17) is 0 Å². The van der Waals surface area contributed by atoms with Crippen LogP contribution in [-0.4, -0.2) is 11.7 Å². The van der Waals surface area contributed by atoms with Crippen LogP contribution in [0.2, 0.25) is 0 Å². The standard InChI is InChI=1S/C4H5N2S/c7-4-1-2-5-3-6-4/h1-2,4,7H,(H,5,6). The first-order chi connectivity index (χ1) is 3.39. The molecule has 0 aliphatic carbocycles. The van der Waals surface area contributed by atoms with Crippen LogP contribution in [0.5, 0.6) is 0 Å². The Bertz CT molecular complexity index is 108. The van der Waals surface area contributed by atoms with Crippen LogP contribution in [0, 0.1) is 0 Å². The van der Waals surface area contributed by atoms with Crippen LogP contribution in [0.25, 0.3) is 0 Å². The predicted molar refractivity (Wildman–Crippen MR) is 32.5 cm³/mol. The summed E-state index contributed by atoms with van der Waals surface area (Å²) in [5.74, 6) is 0. The van der Waals surface area contributed by atoms with Crippen molar-refractivity contribution >= 4 is 19.0 Å². The van der Waals surface area contributed by atoms with Gasteiger partial charge in [-0.05, 0) is 6.08 Å². The van der Waals surface area contributed by atoms with Gasteiger partial charge in [-0.2, -0.15) is 12.6 Å². The van der Waals surface area contributed by atoms with Crippen LogP contribution in [-0.2, 0) is 0 Å². The Labute approximate surface area is 47.7 Å². The zero-order valence-corrected chi connectivity index (χ0v) is 4.52. The fraction of sp³-hybridized carbons (Fsp3) is 0.250. The van der Waals surface area contributed by atoms with Crippen LogP contribution < -0.4 is 5.32 Å². The monoisotopic (exact) mass is 113 g/mol. The van der Waals surface area contributed by atoms with E-state index >= 15 is 0 Å². The summed E-state index contributed by atoms with van der Waals surface area (Å²) in [6, 6.07) is 0. The van der Waals surface area contributed by atoms with Gasteiger partial charge in [0.25, 0.3) is 0 Å². The molecule has 0 bridgehead atoms. The van der Waals surface area contributed by atoms with Crippen LogP contribution in [0.3, 0.4) is 0 Å². The van der Waals surface area contributed by atoms with Crippen LogP contribution >= 0.6 is 12.6 Å². The molecule has 0 aromatic rings. The molecular formula is C4H5N2S. The molecule has 2 nitrogen and oxygen atoms in total. The molecule has 1 rings (SSSR count). The van der Waals surface area contributed by atoms with Crippen LogP contribution in [0.4, 0.5) is 0 Å². The van der Waals surface area contributed by atoms with Gasteiger partial charge in [0.1, 0.15) is 0 Å². The largest absolute Gasteiger partial charge is 0.352 e. The molecule has 1 N–H and O–H groups in total. The molecule has 7 heavy (non-hydrogen) atoms. The number of nitrogens with one attached hydrogen (secondary N) is 1. The minimum Gasteiger partial charge on any atom is -0.352 e. The number of aliphatic imine (C=N–C) groups is 1. The van der Waals surface area contributed by atoms with Crippen molar-refractivity contribution in [2.45, 2.75) is 5.37 Å². The summed E-state index contributed by atoms with van der Waals surface area (Å²) in [6.45, 7) is 0. The predicted octanol–water partition coefficient (Wildman–Crippen LogP) is 0.264.